The van der Waals surface area contributed by atoms with Gasteiger partial charge in [0.05, 0.1) is 6.04 Å². The number of ether oxygens (including phenoxy) is 1. The number of amides is 1. The number of rotatable bonds is 4. The van der Waals surface area contributed by atoms with Crippen molar-refractivity contribution < 1.29 is 9.53 Å². The molecule has 0 aromatic heterocycles. The number of likely N-dealkylation sites (N-methyl/N-ethyl adjacent to an activating group) is 1. The molecule has 7 heteroatoms. The van der Waals surface area contributed by atoms with E-state index in [2.05, 4.69) is 22.2 Å². The third kappa shape index (κ3) is 4.53. The van der Waals surface area contributed by atoms with Gasteiger partial charge in [0.2, 0.25) is 5.91 Å². The summed E-state index contributed by atoms with van der Waals surface area (Å²) in [7, 11) is 2.15. The molecule has 2 atom stereocenters. The summed E-state index contributed by atoms with van der Waals surface area (Å²) in [6.45, 7) is 5.55. The molecule has 2 aromatic carbocycles. The molecule has 1 heterocycles. The van der Waals surface area contributed by atoms with Crippen LogP contribution in [0.25, 0.3) is 0 Å². The van der Waals surface area contributed by atoms with Gasteiger partial charge in [0, 0.05) is 60.5 Å². The molecule has 2 aliphatic rings. The number of nitrogens with one attached hydrogen (secondary N) is 1. The second-order valence-electron chi connectivity index (χ2n) is 7.81. The predicted molar refractivity (Wildman–Crippen MR) is 117 cm³/mol. The highest BCUT2D eigenvalue weighted by molar-refractivity contribution is 6.35. The van der Waals surface area contributed by atoms with E-state index in [9.17, 15) is 4.79 Å². The van der Waals surface area contributed by atoms with E-state index >= 15 is 0 Å². The lowest BCUT2D eigenvalue weighted by Crippen LogP contribution is -2.50. The van der Waals surface area contributed by atoms with E-state index in [1.807, 2.05) is 36.4 Å². The van der Waals surface area contributed by atoms with Gasteiger partial charge < -0.3 is 15.0 Å². The minimum Gasteiger partial charge on any atom is -0.484 e. The maximum Gasteiger partial charge on any atom is 0.221 e. The fourth-order valence-electron chi connectivity index (χ4n) is 4.23. The van der Waals surface area contributed by atoms with Crippen LogP contribution >= 0.6 is 23.2 Å². The van der Waals surface area contributed by atoms with Crippen molar-refractivity contribution in [2.24, 2.45) is 0 Å². The van der Waals surface area contributed by atoms with Crippen molar-refractivity contribution in [3.63, 3.8) is 0 Å². The van der Waals surface area contributed by atoms with E-state index in [1.54, 1.807) is 0 Å². The highest BCUT2D eigenvalue weighted by atomic mass is 35.5. The molecular weight excluding hydrogens is 409 g/mol. The molecular formula is C22H25Cl2N3O2. The number of hydrogen-bond acceptors (Lipinski definition) is 4. The summed E-state index contributed by atoms with van der Waals surface area (Å²) >= 11 is 12.9. The van der Waals surface area contributed by atoms with Crippen LogP contribution in [0.4, 0.5) is 5.69 Å². The fourth-order valence-corrected chi connectivity index (χ4v) is 4.82. The number of anilines is 1. The summed E-state index contributed by atoms with van der Waals surface area (Å²) < 4.78 is 6.50. The van der Waals surface area contributed by atoms with E-state index < -0.39 is 0 Å². The fraction of sp³-hybridized carbons (Fsp3) is 0.409. The lowest BCUT2D eigenvalue weighted by Gasteiger charge is -2.38. The summed E-state index contributed by atoms with van der Waals surface area (Å²) in [6, 6.07) is 11.5. The largest absolute Gasteiger partial charge is 0.484 e. The zero-order valence-electron chi connectivity index (χ0n) is 16.6. The molecule has 1 aliphatic heterocycles. The van der Waals surface area contributed by atoms with Gasteiger partial charge in [-0.25, -0.2) is 0 Å². The average molecular weight is 434 g/mol. The Balaban J connectivity index is 1.65. The van der Waals surface area contributed by atoms with Gasteiger partial charge in [-0.05, 0) is 43.3 Å². The normalized spacial score (nSPS) is 22.3. The smallest absolute Gasteiger partial charge is 0.221 e. The number of fused-ring (bicyclic) bond motifs is 1. The van der Waals surface area contributed by atoms with Crippen molar-refractivity contribution >= 4 is 34.8 Å². The molecule has 1 aliphatic carbocycles. The highest BCUT2D eigenvalue weighted by Crippen LogP contribution is 2.43. The van der Waals surface area contributed by atoms with Gasteiger partial charge in [-0.3, -0.25) is 9.69 Å². The number of carbonyl (C=O) groups is 1. The third-order valence-corrected chi connectivity index (χ3v) is 6.24. The number of hydrogen-bond donors (Lipinski definition) is 1. The molecule has 0 saturated carbocycles. The Morgan fingerprint density at radius 2 is 1.90 bits per heavy atom. The molecule has 0 unspecified atom stereocenters. The van der Waals surface area contributed by atoms with Gasteiger partial charge >= 0.3 is 0 Å². The van der Waals surface area contributed by atoms with Crippen LogP contribution in [0.5, 0.6) is 5.75 Å². The SMILES string of the molecule is CC(=O)Nc1cccc(O[C@H]2c3cc(Cl)cc(Cl)c3C[C@H]2N2CCN(C)CC2)c1. The molecule has 1 amide bonds. The number of benzene rings is 2. The lowest BCUT2D eigenvalue weighted by molar-refractivity contribution is -0.114. The molecule has 1 saturated heterocycles. The van der Waals surface area contributed by atoms with Crippen LogP contribution in [0.3, 0.4) is 0 Å². The van der Waals surface area contributed by atoms with Crippen LogP contribution in [0.2, 0.25) is 10.0 Å². The van der Waals surface area contributed by atoms with Gasteiger partial charge in [-0.1, -0.05) is 29.3 Å². The average Bonchev–Trinajstić information content (AvgIpc) is 3.01. The topological polar surface area (TPSA) is 44.8 Å². The van der Waals surface area contributed by atoms with E-state index in [0.717, 1.165) is 43.7 Å². The van der Waals surface area contributed by atoms with E-state index in [-0.39, 0.29) is 18.1 Å². The molecule has 0 radical (unpaired) electrons. The zero-order chi connectivity index (χ0) is 20.5. The lowest BCUT2D eigenvalue weighted by atomic mass is 10.1. The van der Waals surface area contributed by atoms with E-state index in [4.69, 9.17) is 27.9 Å². The summed E-state index contributed by atoms with van der Waals surface area (Å²) in [5.74, 6) is 0.603. The van der Waals surface area contributed by atoms with Crippen LogP contribution < -0.4 is 10.1 Å². The van der Waals surface area contributed by atoms with Crippen LogP contribution in [-0.2, 0) is 11.2 Å². The predicted octanol–water partition coefficient (Wildman–Crippen LogP) is 4.24. The van der Waals surface area contributed by atoms with Crippen molar-refractivity contribution in [3.05, 3.63) is 57.6 Å². The summed E-state index contributed by atoms with van der Waals surface area (Å²) in [6.07, 6.45) is 0.669. The summed E-state index contributed by atoms with van der Waals surface area (Å²) in [5.41, 5.74) is 2.88. The Bertz CT molecular complexity index is 913. The van der Waals surface area contributed by atoms with Crippen LogP contribution in [0.15, 0.2) is 36.4 Å². The van der Waals surface area contributed by atoms with Gasteiger partial charge in [-0.2, -0.15) is 0 Å². The maximum atomic E-state index is 11.4. The monoisotopic (exact) mass is 433 g/mol. The first-order valence-corrected chi connectivity index (χ1v) is 10.6. The zero-order valence-corrected chi connectivity index (χ0v) is 18.1. The Kier molecular flexibility index (Phi) is 6.02. The second kappa shape index (κ2) is 8.52. The molecule has 154 valence electrons. The number of halogens is 2. The van der Waals surface area contributed by atoms with Crippen LogP contribution in [-0.4, -0.2) is 55.0 Å². The number of piperazine rings is 1. The summed E-state index contributed by atoms with van der Waals surface area (Å²) in [4.78, 5) is 16.2. The summed E-state index contributed by atoms with van der Waals surface area (Å²) in [5, 5.41) is 4.13. The molecule has 5 nitrogen and oxygen atoms in total. The molecule has 1 N–H and O–H groups in total. The van der Waals surface area contributed by atoms with Crippen molar-refractivity contribution in [3.8, 4) is 5.75 Å². The second-order valence-corrected chi connectivity index (χ2v) is 8.66. The first kappa shape index (κ1) is 20.5. The van der Waals surface area contributed by atoms with Crippen molar-refractivity contribution in [2.45, 2.75) is 25.5 Å². The molecule has 0 spiro atoms. The highest BCUT2D eigenvalue weighted by Gasteiger charge is 2.40. The van der Waals surface area contributed by atoms with E-state index in [0.29, 0.717) is 21.5 Å². The third-order valence-electron chi connectivity index (χ3n) is 5.69. The Hall–Kier alpha value is -1.79. The Morgan fingerprint density at radius 3 is 2.62 bits per heavy atom. The van der Waals surface area contributed by atoms with E-state index in [1.165, 1.54) is 6.92 Å². The van der Waals surface area contributed by atoms with Crippen LogP contribution in [0, 0.1) is 0 Å². The number of nitrogens with zero attached hydrogens (tertiary/aromatic N) is 2. The first-order chi connectivity index (χ1) is 13.9. The van der Waals surface area contributed by atoms with Gasteiger partial charge in [0.25, 0.3) is 0 Å². The maximum absolute atomic E-state index is 11.4. The van der Waals surface area contributed by atoms with Gasteiger partial charge in [0.1, 0.15) is 11.9 Å². The molecule has 0 bridgehead atoms. The molecule has 4 rings (SSSR count). The Morgan fingerprint density at radius 1 is 1.14 bits per heavy atom. The van der Waals surface area contributed by atoms with Gasteiger partial charge in [-0.15, -0.1) is 0 Å². The van der Waals surface area contributed by atoms with Crippen molar-refractivity contribution in [1.82, 2.24) is 9.80 Å². The minimum absolute atomic E-state index is 0.109. The molecule has 2 aromatic rings. The quantitative estimate of drug-likeness (QED) is 0.782. The van der Waals surface area contributed by atoms with Crippen LogP contribution in [0.1, 0.15) is 24.2 Å². The first-order valence-electron chi connectivity index (χ1n) is 9.85. The van der Waals surface area contributed by atoms with Crippen molar-refractivity contribution in [1.29, 1.82) is 0 Å². The minimum atomic E-state index is -0.169. The van der Waals surface area contributed by atoms with Crippen molar-refractivity contribution in [2.75, 3.05) is 38.5 Å². The standard InChI is InChI=1S/C22H25Cl2N3O2/c1-14(28)25-16-4-3-5-17(12-16)29-22-19-10-15(23)11-20(24)18(19)13-21(22)27-8-6-26(2)7-9-27/h3-5,10-12,21-22H,6-9,13H2,1-2H3,(H,25,28)/t21-,22+/m1/s1. The molecule has 1 fully saturated rings. The Labute approximate surface area is 181 Å². The van der Waals surface area contributed by atoms with Gasteiger partial charge in [0.15, 0.2) is 0 Å². The molecule has 29 heavy (non-hydrogen) atoms. The number of carbonyl (C=O) groups excluding carboxylic acids is 1.